The van der Waals surface area contributed by atoms with E-state index in [9.17, 15) is 0 Å². The van der Waals surface area contributed by atoms with Crippen LogP contribution in [0.3, 0.4) is 0 Å². The zero-order valence-electron chi connectivity index (χ0n) is 3.06. The van der Waals surface area contributed by atoms with Crippen LogP contribution in [0, 0.1) is 11.3 Å². The summed E-state index contributed by atoms with van der Waals surface area (Å²) < 4.78 is 8.38. The van der Waals surface area contributed by atoms with E-state index in [4.69, 9.17) is 8.84 Å². The molecule has 0 aromatic carbocycles. The van der Waals surface area contributed by atoms with Crippen LogP contribution in [0.15, 0.2) is 0 Å². The van der Waals surface area contributed by atoms with Gasteiger partial charge in [0.1, 0.15) is 0 Å². The van der Waals surface area contributed by atoms with E-state index in [1.165, 1.54) is 6.92 Å². The van der Waals surface area contributed by atoms with E-state index < -0.39 is 0 Å². The van der Waals surface area contributed by atoms with Gasteiger partial charge >= 0.3 is 21.8 Å². The van der Waals surface area contributed by atoms with Crippen LogP contribution >= 0.6 is 0 Å². The monoisotopic (exact) mass is 121 g/mol. The second-order valence-corrected chi connectivity index (χ2v) is 0.224. The second kappa shape index (κ2) is 39.8. The molecule has 0 aliphatic carbocycles. The normalized spacial score (nSPS) is 2.80. The summed E-state index contributed by atoms with van der Waals surface area (Å²) in [5, 5.41) is 7.32. The standard InChI is InChI=1S/C2H3N.O.Zn/c1-2-3;;/h1H3;;. The third kappa shape index (κ3) is 1910. The summed E-state index contributed by atoms with van der Waals surface area (Å²) in [5.74, 6) is 0. The summed E-state index contributed by atoms with van der Waals surface area (Å²) in [6.07, 6.45) is 0. The van der Waals surface area contributed by atoms with Crippen LogP contribution in [0.1, 0.15) is 6.92 Å². The van der Waals surface area contributed by atoms with Gasteiger partial charge in [-0.3, -0.25) is 0 Å². The van der Waals surface area contributed by atoms with Crippen molar-refractivity contribution in [3.05, 3.63) is 0 Å². The predicted molar refractivity (Wildman–Crippen MR) is 12.0 cm³/mol. The molecule has 0 spiro atoms. The summed E-state index contributed by atoms with van der Waals surface area (Å²) >= 11 is 0.125. The molecule has 3 heteroatoms. The molecule has 0 aromatic rings. The first kappa shape index (κ1) is 8.87. The molecule has 0 aliphatic rings. The number of rotatable bonds is 0. The van der Waals surface area contributed by atoms with Crippen LogP contribution in [0.5, 0.6) is 0 Å². The zero-order valence-corrected chi connectivity index (χ0v) is 6.03. The van der Waals surface area contributed by atoms with Gasteiger partial charge in [-0.15, -0.1) is 0 Å². The van der Waals surface area contributed by atoms with Crippen molar-refractivity contribution in [1.29, 1.82) is 5.26 Å². The van der Waals surface area contributed by atoms with Crippen LogP contribution in [0.25, 0.3) is 0 Å². The Bertz CT molecular complexity index is 39.4. The fraction of sp³-hybridized carbons (Fsp3) is 0.500. The van der Waals surface area contributed by atoms with Crippen molar-refractivity contribution in [2.75, 3.05) is 0 Å². The molecule has 0 heterocycles. The second-order valence-electron chi connectivity index (χ2n) is 0.224. The fourth-order valence-corrected chi connectivity index (χ4v) is 0. The molecule has 0 atom stereocenters. The van der Waals surface area contributed by atoms with E-state index in [1.54, 1.807) is 6.07 Å². The molecule has 0 saturated heterocycles. The van der Waals surface area contributed by atoms with E-state index in [-0.39, 0.29) is 18.3 Å². The molecular weight excluding hydrogens is 119 g/mol. The van der Waals surface area contributed by atoms with E-state index in [0.29, 0.717) is 0 Å². The Morgan fingerprint density at radius 3 is 1.80 bits per heavy atom. The van der Waals surface area contributed by atoms with Gasteiger partial charge in [0, 0.05) is 6.92 Å². The summed E-state index contributed by atoms with van der Waals surface area (Å²) in [5.41, 5.74) is 0. The molecule has 5 heavy (non-hydrogen) atoms. The third-order valence-electron chi connectivity index (χ3n) is 0. The van der Waals surface area contributed by atoms with Crippen molar-refractivity contribution in [3.8, 4) is 6.07 Å². The van der Waals surface area contributed by atoms with Crippen molar-refractivity contribution in [2.45, 2.75) is 6.92 Å². The molecule has 0 rings (SSSR count). The molecule has 2 nitrogen and oxygen atoms in total. The summed E-state index contributed by atoms with van der Waals surface area (Å²) in [7, 11) is 0. The van der Waals surface area contributed by atoms with Crippen molar-refractivity contribution < 1.29 is 21.8 Å². The Morgan fingerprint density at radius 2 is 1.80 bits per heavy atom. The van der Waals surface area contributed by atoms with Gasteiger partial charge in [0.25, 0.3) is 0 Å². The Morgan fingerprint density at radius 1 is 1.80 bits per heavy atom. The number of hydrogen-bond donors (Lipinski definition) is 0. The molecule has 0 saturated carbocycles. The van der Waals surface area contributed by atoms with Crippen molar-refractivity contribution in [2.24, 2.45) is 0 Å². The minimum atomic E-state index is 0.125. The van der Waals surface area contributed by atoms with Crippen molar-refractivity contribution >= 4 is 0 Å². The first-order valence-corrected chi connectivity index (χ1v) is 2.22. The van der Waals surface area contributed by atoms with Crippen LogP contribution < -0.4 is 0 Å². The number of hydrogen-bond acceptors (Lipinski definition) is 2. The van der Waals surface area contributed by atoms with Crippen LogP contribution in [-0.4, -0.2) is 0 Å². The first-order chi connectivity index (χ1) is 2.41. The van der Waals surface area contributed by atoms with Gasteiger partial charge in [-0.2, -0.15) is 5.26 Å². The van der Waals surface area contributed by atoms with E-state index in [2.05, 4.69) is 0 Å². The van der Waals surface area contributed by atoms with Gasteiger partial charge in [0.05, 0.1) is 6.07 Å². The molecule has 0 fully saturated rings. The quantitative estimate of drug-likeness (QED) is 0.437. The van der Waals surface area contributed by atoms with Gasteiger partial charge in [-0.25, -0.2) is 0 Å². The molecular formula is C2H3NOZn. The molecule has 0 radical (unpaired) electrons. The van der Waals surface area contributed by atoms with Gasteiger partial charge in [0.15, 0.2) is 0 Å². The van der Waals surface area contributed by atoms with Crippen molar-refractivity contribution in [3.63, 3.8) is 0 Å². The van der Waals surface area contributed by atoms with Gasteiger partial charge < -0.3 is 0 Å². The van der Waals surface area contributed by atoms with Crippen LogP contribution in [0.4, 0.5) is 0 Å². The Kier molecular flexibility index (Phi) is 70.6. The molecule has 24 valence electrons. The van der Waals surface area contributed by atoms with Crippen LogP contribution in [-0.2, 0) is 21.8 Å². The molecule has 0 aromatic heterocycles. The molecule has 0 aliphatic heterocycles. The summed E-state index contributed by atoms with van der Waals surface area (Å²) in [6.45, 7) is 1.43. The van der Waals surface area contributed by atoms with E-state index in [0.717, 1.165) is 0 Å². The summed E-state index contributed by atoms with van der Waals surface area (Å²) in [6, 6.07) is 1.75. The van der Waals surface area contributed by atoms with Gasteiger partial charge in [-0.05, 0) is 0 Å². The first-order valence-electron chi connectivity index (χ1n) is 1.01. The maximum absolute atomic E-state index is 8.38. The fourth-order valence-electron chi connectivity index (χ4n) is 0. The zero-order chi connectivity index (χ0) is 4.71. The Balaban J connectivity index is 0. The average Bonchev–Trinajstić information content (AvgIpc) is 1.46. The van der Waals surface area contributed by atoms with E-state index in [1.807, 2.05) is 0 Å². The van der Waals surface area contributed by atoms with Crippen LogP contribution in [0.2, 0.25) is 0 Å². The Hall–Kier alpha value is -0.0866. The SMILES string of the molecule is CC#N.[O]=[Zn]. The van der Waals surface area contributed by atoms with E-state index >= 15 is 0 Å². The summed E-state index contributed by atoms with van der Waals surface area (Å²) in [4.78, 5) is 0. The third-order valence-corrected chi connectivity index (χ3v) is 0. The number of nitriles is 1. The average molecular weight is 122 g/mol. The molecule has 0 bridgehead atoms. The van der Waals surface area contributed by atoms with Crippen molar-refractivity contribution in [1.82, 2.24) is 0 Å². The molecule has 0 amide bonds. The van der Waals surface area contributed by atoms with Gasteiger partial charge in [-0.1, -0.05) is 0 Å². The minimum absolute atomic E-state index is 0.125. The molecule has 0 N–H and O–H groups in total. The molecule has 0 unspecified atom stereocenters. The topological polar surface area (TPSA) is 40.9 Å². The van der Waals surface area contributed by atoms with Gasteiger partial charge in [0.2, 0.25) is 0 Å². The maximum atomic E-state index is 8.38. The predicted octanol–water partition coefficient (Wildman–Crippen LogP) is 0.409. The number of nitrogens with zero attached hydrogens (tertiary/aromatic N) is 1. The Labute approximate surface area is 40.7 Å².